The smallest absolute Gasteiger partial charge is 0.226 e. The third-order valence-electron chi connectivity index (χ3n) is 3.51. The van der Waals surface area contributed by atoms with Crippen LogP contribution in [0.2, 0.25) is 0 Å². The van der Waals surface area contributed by atoms with E-state index in [2.05, 4.69) is 25.9 Å². The van der Waals surface area contributed by atoms with Crippen LogP contribution in [0.4, 0.5) is 5.95 Å². The van der Waals surface area contributed by atoms with E-state index < -0.39 is 0 Å². The molecule has 19 heavy (non-hydrogen) atoms. The maximum Gasteiger partial charge on any atom is 0.226 e. The van der Waals surface area contributed by atoms with Crippen LogP contribution in [0.25, 0.3) is 0 Å². The highest BCUT2D eigenvalue weighted by Gasteiger charge is 2.29. The van der Waals surface area contributed by atoms with Gasteiger partial charge in [-0.25, -0.2) is 9.97 Å². The quantitative estimate of drug-likeness (QED) is 0.826. The van der Waals surface area contributed by atoms with Crippen molar-refractivity contribution in [3.05, 3.63) is 47.5 Å². The van der Waals surface area contributed by atoms with Crippen molar-refractivity contribution in [1.82, 2.24) is 15.0 Å². The average Bonchev–Trinajstić information content (AvgIpc) is 2.88. The van der Waals surface area contributed by atoms with Crippen molar-refractivity contribution in [2.75, 3.05) is 11.4 Å². The van der Waals surface area contributed by atoms with Gasteiger partial charge < -0.3 is 4.90 Å². The van der Waals surface area contributed by atoms with Crippen LogP contribution in [0.1, 0.15) is 36.0 Å². The lowest BCUT2D eigenvalue weighted by Crippen LogP contribution is -2.25. The van der Waals surface area contributed by atoms with Crippen molar-refractivity contribution in [1.29, 1.82) is 0 Å². The Labute approximate surface area is 113 Å². The first-order valence-corrected chi connectivity index (χ1v) is 6.74. The van der Waals surface area contributed by atoms with Gasteiger partial charge in [-0.3, -0.25) is 4.98 Å². The molecule has 3 rings (SSSR count). The van der Waals surface area contributed by atoms with Crippen LogP contribution in [0, 0.1) is 13.8 Å². The van der Waals surface area contributed by atoms with Crippen LogP contribution in [0.15, 0.2) is 30.5 Å². The number of hydrogen-bond acceptors (Lipinski definition) is 4. The van der Waals surface area contributed by atoms with Gasteiger partial charge >= 0.3 is 0 Å². The summed E-state index contributed by atoms with van der Waals surface area (Å²) in [6, 6.07) is 8.40. The monoisotopic (exact) mass is 254 g/mol. The summed E-state index contributed by atoms with van der Waals surface area (Å²) in [6.45, 7) is 5.04. The molecule has 4 nitrogen and oxygen atoms in total. The standard InChI is InChI=1S/C15H18N4/c1-11-10-12(2)18-15(17-11)19-9-5-7-14(19)13-6-3-4-8-16-13/h3-4,6,8,10,14H,5,7,9H2,1-2H3. The number of rotatable bonds is 2. The van der Waals surface area contributed by atoms with Crippen molar-refractivity contribution in [3.8, 4) is 0 Å². The Kier molecular flexibility index (Phi) is 3.15. The van der Waals surface area contributed by atoms with Crippen LogP contribution >= 0.6 is 0 Å². The molecule has 0 spiro atoms. The highest BCUT2D eigenvalue weighted by molar-refractivity contribution is 5.38. The molecule has 0 radical (unpaired) electrons. The number of hydrogen-bond donors (Lipinski definition) is 0. The first kappa shape index (κ1) is 12.1. The number of nitrogens with zero attached hydrogens (tertiary/aromatic N) is 4. The van der Waals surface area contributed by atoms with Gasteiger partial charge in [-0.05, 0) is 44.9 Å². The molecule has 0 saturated carbocycles. The van der Waals surface area contributed by atoms with Gasteiger partial charge in [0.05, 0.1) is 11.7 Å². The molecular formula is C15H18N4. The van der Waals surface area contributed by atoms with Crippen LogP contribution < -0.4 is 4.90 Å². The van der Waals surface area contributed by atoms with Crippen LogP contribution in [-0.2, 0) is 0 Å². The van der Waals surface area contributed by atoms with Crippen molar-refractivity contribution < 1.29 is 0 Å². The topological polar surface area (TPSA) is 41.9 Å². The lowest BCUT2D eigenvalue weighted by Gasteiger charge is -2.24. The fourth-order valence-electron chi connectivity index (χ4n) is 2.72. The third-order valence-corrected chi connectivity index (χ3v) is 3.51. The van der Waals surface area contributed by atoms with E-state index >= 15 is 0 Å². The first-order valence-electron chi connectivity index (χ1n) is 6.74. The minimum absolute atomic E-state index is 0.308. The van der Waals surface area contributed by atoms with Gasteiger partial charge in [-0.2, -0.15) is 0 Å². The van der Waals surface area contributed by atoms with Gasteiger partial charge in [-0.15, -0.1) is 0 Å². The van der Waals surface area contributed by atoms with Gasteiger partial charge in [0, 0.05) is 24.1 Å². The summed E-state index contributed by atoms with van der Waals surface area (Å²) in [4.78, 5) is 15.9. The fourth-order valence-corrected chi connectivity index (χ4v) is 2.72. The molecule has 1 fully saturated rings. The predicted octanol–water partition coefficient (Wildman–Crippen LogP) is 2.83. The van der Waals surface area contributed by atoms with E-state index in [0.717, 1.165) is 42.4 Å². The number of pyridine rings is 1. The Balaban J connectivity index is 1.95. The van der Waals surface area contributed by atoms with Gasteiger partial charge in [0.1, 0.15) is 0 Å². The normalized spacial score (nSPS) is 18.8. The Morgan fingerprint density at radius 2 is 1.95 bits per heavy atom. The zero-order valence-corrected chi connectivity index (χ0v) is 11.4. The molecule has 1 aliphatic rings. The number of aryl methyl sites for hydroxylation is 2. The molecule has 1 unspecified atom stereocenters. The predicted molar refractivity (Wildman–Crippen MR) is 75.1 cm³/mol. The highest BCUT2D eigenvalue weighted by atomic mass is 15.3. The maximum absolute atomic E-state index is 4.58. The Hall–Kier alpha value is -1.97. The molecule has 1 saturated heterocycles. The van der Waals surface area contributed by atoms with Gasteiger partial charge in [0.15, 0.2) is 0 Å². The summed E-state index contributed by atoms with van der Waals surface area (Å²) in [5, 5.41) is 0. The third kappa shape index (κ3) is 2.43. The molecule has 4 heteroatoms. The van der Waals surface area contributed by atoms with Crippen LogP contribution in [-0.4, -0.2) is 21.5 Å². The van der Waals surface area contributed by atoms with E-state index in [-0.39, 0.29) is 0 Å². The van der Waals surface area contributed by atoms with E-state index in [1.165, 1.54) is 0 Å². The molecule has 2 aromatic rings. The second-order valence-electron chi connectivity index (χ2n) is 5.06. The van der Waals surface area contributed by atoms with E-state index in [0.29, 0.717) is 6.04 Å². The Morgan fingerprint density at radius 3 is 2.63 bits per heavy atom. The SMILES string of the molecule is Cc1cc(C)nc(N2CCCC2c2ccccn2)n1. The van der Waals surface area contributed by atoms with E-state index in [9.17, 15) is 0 Å². The second kappa shape index (κ2) is 4.96. The van der Waals surface area contributed by atoms with E-state index in [1.807, 2.05) is 38.2 Å². The van der Waals surface area contributed by atoms with Crippen LogP contribution in [0.5, 0.6) is 0 Å². The fraction of sp³-hybridized carbons (Fsp3) is 0.400. The second-order valence-corrected chi connectivity index (χ2v) is 5.06. The lowest BCUT2D eigenvalue weighted by molar-refractivity contribution is 0.677. The molecule has 1 aliphatic heterocycles. The summed E-state index contributed by atoms with van der Waals surface area (Å²) < 4.78 is 0. The summed E-state index contributed by atoms with van der Waals surface area (Å²) in [5.41, 5.74) is 3.16. The molecule has 1 atom stereocenters. The molecule has 0 aromatic carbocycles. The molecule has 2 aromatic heterocycles. The lowest BCUT2D eigenvalue weighted by atomic mass is 10.1. The summed E-state index contributed by atoms with van der Waals surface area (Å²) >= 11 is 0. The maximum atomic E-state index is 4.58. The van der Waals surface area contributed by atoms with Crippen LogP contribution in [0.3, 0.4) is 0 Å². The number of aromatic nitrogens is 3. The number of anilines is 1. The van der Waals surface area contributed by atoms with Crippen molar-refractivity contribution >= 4 is 5.95 Å². The summed E-state index contributed by atoms with van der Waals surface area (Å²) in [5.74, 6) is 0.839. The van der Waals surface area contributed by atoms with Crippen molar-refractivity contribution in [2.24, 2.45) is 0 Å². The highest BCUT2D eigenvalue weighted by Crippen LogP contribution is 2.33. The summed E-state index contributed by atoms with van der Waals surface area (Å²) in [7, 11) is 0. The van der Waals surface area contributed by atoms with Gasteiger partial charge in [0.25, 0.3) is 0 Å². The summed E-state index contributed by atoms with van der Waals surface area (Å²) in [6.07, 6.45) is 4.14. The molecular weight excluding hydrogens is 236 g/mol. The Morgan fingerprint density at radius 1 is 1.16 bits per heavy atom. The largest absolute Gasteiger partial charge is 0.332 e. The molecule has 0 amide bonds. The molecule has 98 valence electrons. The first-order chi connectivity index (χ1) is 9.24. The van der Waals surface area contributed by atoms with Crippen molar-refractivity contribution in [2.45, 2.75) is 32.7 Å². The van der Waals surface area contributed by atoms with Gasteiger partial charge in [-0.1, -0.05) is 6.07 Å². The average molecular weight is 254 g/mol. The van der Waals surface area contributed by atoms with Gasteiger partial charge in [0.2, 0.25) is 5.95 Å². The molecule has 3 heterocycles. The molecule has 0 N–H and O–H groups in total. The minimum atomic E-state index is 0.308. The molecule has 0 bridgehead atoms. The zero-order chi connectivity index (χ0) is 13.2. The Bertz CT molecular complexity index is 547. The van der Waals surface area contributed by atoms with Crippen molar-refractivity contribution in [3.63, 3.8) is 0 Å². The molecule has 0 aliphatic carbocycles. The minimum Gasteiger partial charge on any atom is -0.332 e. The van der Waals surface area contributed by atoms with E-state index in [1.54, 1.807) is 0 Å². The zero-order valence-electron chi connectivity index (χ0n) is 11.4. The van der Waals surface area contributed by atoms with E-state index in [4.69, 9.17) is 0 Å².